The van der Waals surface area contributed by atoms with Crippen LogP contribution in [0.1, 0.15) is 5.56 Å². The number of thioether (sulfide) groups is 1. The summed E-state index contributed by atoms with van der Waals surface area (Å²) >= 11 is 0.870. The van der Waals surface area contributed by atoms with E-state index < -0.39 is 5.91 Å². The van der Waals surface area contributed by atoms with E-state index >= 15 is 0 Å². The maximum absolute atomic E-state index is 12.8. The number of carbonyl (C=O) groups excluding carboxylic acids is 3. The molecule has 3 aromatic carbocycles. The molecule has 0 spiro atoms. The van der Waals surface area contributed by atoms with Gasteiger partial charge in [-0.15, -0.1) is 0 Å². The molecule has 1 aliphatic rings. The van der Waals surface area contributed by atoms with Gasteiger partial charge >= 0.3 is 0 Å². The van der Waals surface area contributed by atoms with Crippen molar-refractivity contribution in [2.24, 2.45) is 0 Å². The molecule has 3 aromatic rings. The SMILES string of the molecule is COc1ccccc1NC(=O)COc1ccc(/C=C2/SC(=O)N(c3ccccc3)C2=O)cc1OC. The van der Waals surface area contributed by atoms with Crippen molar-refractivity contribution in [3.63, 3.8) is 0 Å². The highest BCUT2D eigenvalue weighted by atomic mass is 32.2. The van der Waals surface area contributed by atoms with Gasteiger partial charge in [-0.25, -0.2) is 4.90 Å². The van der Waals surface area contributed by atoms with E-state index in [1.54, 1.807) is 72.8 Å². The Morgan fingerprint density at radius 3 is 2.37 bits per heavy atom. The lowest BCUT2D eigenvalue weighted by Gasteiger charge is -2.13. The molecule has 1 N–H and O–H groups in total. The van der Waals surface area contributed by atoms with Gasteiger partial charge in [0.25, 0.3) is 17.1 Å². The van der Waals surface area contributed by atoms with Gasteiger partial charge < -0.3 is 19.5 Å². The fourth-order valence-corrected chi connectivity index (χ4v) is 4.23. The number of carbonyl (C=O) groups is 3. The molecule has 0 unspecified atom stereocenters. The Labute approximate surface area is 206 Å². The summed E-state index contributed by atoms with van der Waals surface area (Å²) in [5, 5.41) is 2.38. The van der Waals surface area contributed by atoms with E-state index in [1.807, 2.05) is 6.07 Å². The van der Waals surface area contributed by atoms with Gasteiger partial charge in [0.05, 0.1) is 30.5 Å². The summed E-state index contributed by atoms with van der Waals surface area (Å²) in [4.78, 5) is 39.0. The van der Waals surface area contributed by atoms with Crippen LogP contribution in [0.3, 0.4) is 0 Å². The van der Waals surface area contributed by atoms with Crippen LogP contribution in [0.15, 0.2) is 77.7 Å². The number of rotatable bonds is 8. The molecule has 0 aliphatic carbocycles. The van der Waals surface area contributed by atoms with E-state index in [1.165, 1.54) is 14.2 Å². The molecule has 1 saturated heterocycles. The smallest absolute Gasteiger partial charge is 0.298 e. The van der Waals surface area contributed by atoms with Crippen LogP contribution in [-0.2, 0) is 9.59 Å². The number of imide groups is 1. The molecule has 3 amide bonds. The summed E-state index contributed by atoms with van der Waals surface area (Å²) in [5.41, 5.74) is 1.70. The summed E-state index contributed by atoms with van der Waals surface area (Å²) in [6, 6.07) is 20.9. The molecule has 1 aliphatic heterocycles. The minimum Gasteiger partial charge on any atom is -0.495 e. The van der Waals surface area contributed by atoms with Crippen LogP contribution in [0.4, 0.5) is 16.2 Å². The topological polar surface area (TPSA) is 94.2 Å². The number of anilines is 2. The molecule has 8 nitrogen and oxygen atoms in total. The molecular formula is C26H22N2O6S. The first-order valence-corrected chi connectivity index (χ1v) is 11.4. The number of nitrogens with one attached hydrogen (secondary N) is 1. The Bertz CT molecular complexity index is 1290. The molecular weight excluding hydrogens is 468 g/mol. The quantitative estimate of drug-likeness (QED) is 0.446. The number of hydrogen-bond donors (Lipinski definition) is 1. The Hall–Kier alpha value is -4.24. The summed E-state index contributed by atoms with van der Waals surface area (Å²) in [6.07, 6.45) is 1.62. The number of methoxy groups -OCH3 is 2. The normalized spacial score (nSPS) is 14.2. The van der Waals surface area contributed by atoms with Crippen LogP contribution in [0.25, 0.3) is 6.08 Å². The number of nitrogens with zero attached hydrogens (tertiary/aromatic N) is 1. The second kappa shape index (κ2) is 10.8. The van der Waals surface area contributed by atoms with Crippen LogP contribution in [-0.4, -0.2) is 37.9 Å². The molecule has 0 atom stereocenters. The average molecular weight is 491 g/mol. The second-order valence-corrected chi connectivity index (χ2v) is 8.29. The van der Waals surface area contributed by atoms with E-state index in [2.05, 4.69) is 5.32 Å². The monoisotopic (exact) mass is 490 g/mol. The Morgan fingerprint density at radius 1 is 0.914 bits per heavy atom. The van der Waals surface area contributed by atoms with Gasteiger partial charge in [0.2, 0.25) is 0 Å². The molecule has 35 heavy (non-hydrogen) atoms. The van der Waals surface area contributed by atoms with Gasteiger partial charge in [0.1, 0.15) is 5.75 Å². The van der Waals surface area contributed by atoms with Crippen molar-refractivity contribution >= 4 is 46.3 Å². The Kier molecular flexibility index (Phi) is 7.37. The van der Waals surface area contributed by atoms with Crippen molar-refractivity contribution in [3.05, 3.63) is 83.3 Å². The lowest BCUT2D eigenvalue weighted by Crippen LogP contribution is -2.27. The summed E-state index contributed by atoms with van der Waals surface area (Å²) in [5.74, 6) is 0.525. The molecule has 0 saturated carbocycles. The summed E-state index contributed by atoms with van der Waals surface area (Å²) < 4.78 is 16.3. The van der Waals surface area contributed by atoms with E-state index in [4.69, 9.17) is 14.2 Å². The van der Waals surface area contributed by atoms with Crippen LogP contribution in [0, 0.1) is 0 Å². The number of hydrogen-bond acceptors (Lipinski definition) is 7. The van der Waals surface area contributed by atoms with Gasteiger partial charge in [-0.05, 0) is 59.8 Å². The van der Waals surface area contributed by atoms with E-state index in [9.17, 15) is 14.4 Å². The molecule has 1 fully saturated rings. The molecule has 0 aromatic heterocycles. The molecule has 0 bridgehead atoms. The van der Waals surface area contributed by atoms with Crippen LogP contribution < -0.4 is 24.4 Å². The highest BCUT2D eigenvalue weighted by molar-refractivity contribution is 8.19. The lowest BCUT2D eigenvalue weighted by atomic mass is 10.2. The maximum atomic E-state index is 12.8. The predicted molar refractivity (Wildman–Crippen MR) is 135 cm³/mol. The zero-order valence-electron chi connectivity index (χ0n) is 19.0. The standard InChI is InChI=1S/C26H22N2O6S/c1-32-20-11-7-6-10-19(20)27-24(29)16-34-21-13-12-17(14-22(21)33-2)15-23-25(30)28(26(31)35-23)18-8-4-3-5-9-18/h3-15H,16H2,1-2H3,(H,27,29)/b23-15+. The minimum atomic E-state index is -0.390. The van der Waals surface area contributed by atoms with Crippen molar-refractivity contribution in [1.82, 2.24) is 0 Å². The Morgan fingerprint density at radius 2 is 1.63 bits per heavy atom. The Balaban J connectivity index is 1.45. The highest BCUT2D eigenvalue weighted by Crippen LogP contribution is 2.37. The first-order chi connectivity index (χ1) is 17.0. The molecule has 9 heteroatoms. The maximum Gasteiger partial charge on any atom is 0.298 e. The lowest BCUT2D eigenvalue weighted by molar-refractivity contribution is -0.118. The number of amides is 3. The third-order valence-electron chi connectivity index (χ3n) is 5.03. The van der Waals surface area contributed by atoms with Crippen molar-refractivity contribution in [1.29, 1.82) is 0 Å². The van der Waals surface area contributed by atoms with Gasteiger partial charge in [-0.1, -0.05) is 36.4 Å². The molecule has 0 radical (unpaired) electrons. The number of benzene rings is 3. The zero-order chi connectivity index (χ0) is 24.8. The summed E-state index contributed by atoms with van der Waals surface area (Å²) in [6.45, 7) is -0.246. The third kappa shape index (κ3) is 5.47. The minimum absolute atomic E-state index is 0.246. The third-order valence-corrected chi connectivity index (χ3v) is 5.90. The van der Waals surface area contributed by atoms with Crippen LogP contribution in [0.2, 0.25) is 0 Å². The first kappa shape index (κ1) is 23.9. The van der Waals surface area contributed by atoms with Gasteiger partial charge in [0, 0.05) is 0 Å². The molecule has 4 rings (SSSR count). The van der Waals surface area contributed by atoms with Gasteiger partial charge in [-0.2, -0.15) is 0 Å². The van der Waals surface area contributed by atoms with Crippen molar-refractivity contribution in [3.8, 4) is 17.2 Å². The van der Waals surface area contributed by atoms with E-state index in [0.29, 0.717) is 39.1 Å². The summed E-state index contributed by atoms with van der Waals surface area (Å²) in [7, 11) is 3.00. The van der Waals surface area contributed by atoms with E-state index in [-0.39, 0.29) is 17.8 Å². The molecule has 178 valence electrons. The largest absolute Gasteiger partial charge is 0.495 e. The van der Waals surface area contributed by atoms with E-state index in [0.717, 1.165) is 16.7 Å². The zero-order valence-corrected chi connectivity index (χ0v) is 19.8. The first-order valence-electron chi connectivity index (χ1n) is 10.6. The predicted octanol–water partition coefficient (Wildman–Crippen LogP) is 4.96. The second-order valence-electron chi connectivity index (χ2n) is 7.30. The molecule has 1 heterocycles. The van der Waals surface area contributed by atoms with Crippen molar-refractivity contribution in [2.45, 2.75) is 0 Å². The van der Waals surface area contributed by atoms with Gasteiger partial charge in [-0.3, -0.25) is 14.4 Å². The van der Waals surface area contributed by atoms with Crippen molar-refractivity contribution < 1.29 is 28.6 Å². The van der Waals surface area contributed by atoms with Gasteiger partial charge in [0.15, 0.2) is 18.1 Å². The number of ether oxygens (including phenoxy) is 3. The van der Waals surface area contributed by atoms with Crippen molar-refractivity contribution in [2.75, 3.05) is 31.0 Å². The fourth-order valence-electron chi connectivity index (χ4n) is 3.39. The fraction of sp³-hybridized carbons (Fsp3) is 0.115. The van der Waals surface area contributed by atoms with Crippen LogP contribution in [0.5, 0.6) is 17.2 Å². The highest BCUT2D eigenvalue weighted by Gasteiger charge is 2.36. The van der Waals surface area contributed by atoms with Crippen LogP contribution >= 0.6 is 11.8 Å². The number of para-hydroxylation sites is 3. The average Bonchev–Trinajstić information content (AvgIpc) is 3.16.